The Hall–Kier alpha value is -0.0900. The fraction of sp³-hybridized carbons (Fsp3) is 0.667. The van der Waals surface area contributed by atoms with Crippen LogP contribution in [0.5, 0.6) is 0 Å². The molecular weight excluding hydrogens is 175 g/mol. The van der Waals surface area contributed by atoms with Gasteiger partial charge in [0.1, 0.15) is 0 Å². The summed E-state index contributed by atoms with van der Waals surface area (Å²) in [5, 5.41) is 1.38. The monoisotopic (exact) mass is 198 g/mol. The molecule has 0 nitrogen and oxygen atoms in total. The van der Waals surface area contributed by atoms with Gasteiger partial charge in [0, 0.05) is 0 Å². The fourth-order valence-corrected chi connectivity index (χ4v) is 1.65. The first-order valence-electron chi connectivity index (χ1n) is 5.28. The van der Waals surface area contributed by atoms with Gasteiger partial charge in [0.25, 0.3) is 0 Å². The molecule has 1 unspecified atom stereocenters. The Kier molecular flexibility index (Phi) is 8.45. The Labute approximate surface area is 85.3 Å². The number of rotatable bonds is 7. The average molecular weight is 198 g/mol. The Balaban J connectivity index is 3.94. The molecule has 0 aromatic rings. The third kappa shape index (κ3) is 7.02. The van der Waals surface area contributed by atoms with Crippen molar-refractivity contribution in [3.63, 3.8) is 0 Å². The maximum absolute atomic E-state index is 4.03. The van der Waals surface area contributed by atoms with E-state index in [0.29, 0.717) is 0 Å². The quantitative estimate of drug-likeness (QED) is 0.410. The summed E-state index contributed by atoms with van der Waals surface area (Å²) in [6.07, 6.45) is 8.58. The van der Waals surface area contributed by atoms with Gasteiger partial charge in [0.15, 0.2) is 0 Å². The molecule has 0 aromatic heterocycles. The molecular formula is C12H23P. The third-order valence-corrected chi connectivity index (χ3v) is 3.04. The van der Waals surface area contributed by atoms with E-state index in [4.69, 9.17) is 0 Å². The fourth-order valence-electron chi connectivity index (χ4n) is 1.34. The van der Waals surface area contributed by atoms with E-state index in [0.717, 1.165) is 15.0 Å². The molecule has 1 heteroatoms. The minimum Gasteiger partial charge on any atom is -0.0984 e. The molecule has 0 rings (SSSR count). The Morgan fingerprint density at radius 2 is 1.77 bits per heavy atom. The highest BCUT2D eigenvalue weighted by molar-refractivity contribution is 7.42. The van der Waals surface area contributed by atoms with Crippen LogP contribution in [-0.4, -0.2) is 6.66 Å². The molecule has 13 heavy (non-hydrogen) atoms. The van der Waals surface area contributed by atoms with E-state index >= 15 is 0 Å². The predicted octanol–water partition coefficient (Wildman–Crippen LogP) is 4.73. The van der Waals surface area contributed by atoms with Crippen LogP contribution >= 0.6 is 8.58 Å². The topological polar surface area (TPSA) is 0 Å². The Morgan fingerprint density at radius 3 is 2.15 bits per heavy atom. The summed E-state index contributed by atoms with van der Waals surface area (Å²) in [6, 6.07) is 0. The van der Waals surface area contributed by atoms with Crippen molar-refractivity contribution in [2.75, 3.05) is 6.66 Å². The lowest BCUT2D eigenvalue weighted by Gasteiger charge is -2.04. The van der Waals surface area contributed by atoms with Crippen LogP contribution in [0.15, 0.2) is 23.5 Å². The second-order valence-corrected chi connectivity index (χ2v) is 4.63. The van der Waals surface area contributed by atoms with Crippen molar-refractivity contribution in [2.24, 2.45) is 0 Å². The summed E-state index contributed by atoms with van der Waals surface area (Å²) in [7, 11) is 0.896. The van der Waals surface area contributed by atoms with Crippen molar-refractivity contribution < 1.29 is 0 Å². The van der Waals surface area contributed by atoms with Crippen LogP contribution in [0.2, 0.25) is 0 Å². The molecule has 76 valence electrons. The zero-order chi connectivity index (χ0) is 10.1. The van der Waals surface area contributed by atoms with Gasteiger partial charge in [-0.25, -0.2) is 0 Å². The largest absolute Gasteiger partial charge is 0.0984 e. The summed E-state index contributed by atoms with van der Waals surface area (Å²) in [6.45, 7) is 10.7. The summed E-state index contributed by atoms with van der Waals surface area (Å²) in [5.74, 6) is 0. The van der Waals surface area contributed by atoms with Gasteiger partial charge in [-0.05, 0) is 25.9 Å². The van der Waals surface area contributed by atoms with E-state index in [1.165, 1.54) is 31.0 Å². The maximum Gasteiger partial charge on any atom is -0.00989 e. The van der Waals surface area contributed by atoms with Gasteiger partial charge in [0.2, 0.25) is 0 Å². The zero-order valence-corrected chi connectivity index (χ0v) is 10.3. The van der Waals surface area contributed by atoms with Crippen LogP contribution < -0.4 is 0 Å². The van der Waals surface area contributed by atoms with Crippen molar-refractivity contribution in [3.8, 4) is 0 Å². The van der Waals surface area contributed by atoms with Gasteiger partial charge in [0.05, 0.1) is 0 Å². The van der Waals surface area contributed by atoms with Crippen LogP contribution in [0.1, 0.15) is 46.0 Å². The lowest BCUT2D eigenvalue weighted by molar-refractivity contribution is 0.798. The molecule has 0 bridgehead atoms. The molecule has 0 aliphatic carbocycles. The summed E-state index contributed by atoms with van der Waals surface area (Å²) in [4.78, 5) is 0. The average Bonchev–Trinajstić information content (AvgIpc) is 2.14. The second kappa shape index (κ2) is 8.51. The van der Waals surface area contributed by atoms with E-state index in [1.54, 1.807) is 5.57 Å². The molecule has 1 atom stereocenters. The first-order chi connectivity index (χ1) is 6.24. The van der Waals surface area contributed by atoms with E-state index in [1.807, 2.05) is 0 Å². The molecule has 0 spiro atoms. The maximum atomic E-state index is 4.03. The third-order valence-electron chi connectivity index (χ3n) is 2.13. The first kappa shape index (κ1) is 12.9. The summed E-state index contributed by atoms with van der Waals surface area (Å²) in [5.41, 5.74) is 1.63. The van der Waals surface area contributed by atoms with Gasteiger partial charge in [-0.1, -0.05) is 58.8 Å². The highest BCUT2D eigenvalue weighted by atomic mass is 31.1. The summed E-state index contributed by atoms with van der Waals surface area (Å²) >= 11 is 0. The number of allylic oxidation sites excluding steroid dienone is 3. The highest BCUT2D eigenvalue weighted by Gasteiger charge is 1.95. The predicted molar refractivity (Wildman–Crippen MR) is 65.9 cm³/mol. The smallest absolute Gasteiger partial charge is 0.00989 e. The number of hydrogen-bond donors (Lipinski definition) is 0. The minimum absolute atomic E-state index is 0.896. The van der Waals surface area contributed by atoms with E-state index in [2.05, 4.69) is 33.2 Å². The second-order valence-electron chi connectivity index (χ2n) is 3.42. The molecule has 0 N–H and O–H groups in total. The van der Waals surface area contributed by atoms with Crippen molar-refractivity contribution in [1.29, 1.82) is 0 Å². The van der Waals surface area contributed by atoms with Gasteiger partial charge in [-0.15, -0.1) is 0 Å². The van der Waals surface area contributed by atoms with Gasteiger partial charge in [-0.3, -0.25) is 0 Å². The standard InChI is InChI=1S/C12H23P/c1-5-7-12(8-6-2)10-9-11(3)13-4/h10,13H,3,5-9H2,1-2,4H3. The van der Waals surface area contributed by atoms with E-state index < -0.39 is 0 Å². The SMILES string of the molecule is C=C(CC=C(CCC)CCC)PC. The van der Waals surface area contributed by atoms with Crippen molar-refractivity contribution in [3.05, 3.63) is 23.5 Å². The molecule has 0 aliphatic rings. The number of hydrogen-bond acceptors (Lipinski definition) is 0. The van der Waals surface area contributed by atoms with Crippen molar-refractivity contribution >= 4 is 8.58 Å². The van der Waals surface area contributed by atoms with Gasteiger partial charge >= 0.3 is 0 Å². The van der Waals surface area contributed by atoms with Crippen molar-refractivity contribution in [2.45, 2.75) is 46.0 Å². The molecule has 0 aromatic carbocycles. The van der Waals surface area contributed by atoms with Crippen LogP contribution in [0, 0.1) is 0 Å². The van der Waals surface area contributed by atoms with Crippen LogP contribution in [0.25, 0.3) is 0 Å². The lowest BCUT2D eigenvalue weighted by atomic mass is 10.0. The van der Waals surface area contributed by atoms with E-state index in [9.17, 15) is 0 Å². The zero-order valence-electron chi connectivity index (χ0n) is 9.32. The van der Waals surface area contributed by atoms with E-state index in [-0.39, 0.29) is 0 Å². The highest BCUT2D eigenvalue weighted by Crippen LogP contribution is 2.22. The molecule has 0 heterocycles. The molecule has 0 fully saturated rings. The normalized spacial score (nSPS) is 10.7. The minimum atomic E-state index is 0.896. The summed E-state index contributed by atoms with van der Waals surface area (Å²) < 4.78 is 0. The molecule has 0 aliphatic heterocycles. The van der Waals surface area contributed by atoms with Gasteiger partial charge < -0.3 is 0 Å². The molecule has 0 saturated heterocycles. The Morgan fingerprint density at radius 1 is 1.23 bits per heavy atom. The van der Waals surface area contributed by atoms with Gasteiger partial charge in [-0.2, -0.15) is 0 Å². The van der Waals surface area contributed by atoms with Crippen LogP contribution in [-0.2, 0) is 0 Å². The van der Waals surface area contributed by atoms with Crippen LogP contribution in [0.4, 0.5) is 0 Å². The molecule has 0 amide bonds. The molecule has 0 saturated carbocycles. The molecule has 0 radical (unpaired) electrons. The van der Waals surface area contributed by atoms with Crippen molar-refractivity contribution in [1.82, 2.24) is 0 Å². The lowest BCUT2D eigenvalue weighted by Crippen LogP contribution is -1.83. The first-order valence-corrected chi connectivity index (χ1v) is 6.78. The van der Waals surface area contributed by atoms with Crippen LogP contribution in [0.3, 0.4) is 0 Å². The Bertz CT molecular complexity index is 160.